The second kappa shape index (κ2) is 2.92. The molecule has 0 aliphatic rings. The van der Waals surface area contributed by atoms with Crippen LogP contribution < -0.4 is 0 Å². The second-order valence-electron chi connectivity index (χ2n) is 1.92. The molecule has 0 bridgehead atoms. The van der Waals surface area contributed by atoms with Crippen molar-refractivity contribution in [1.29, 1.82) is 0 Å². The molecule has 0 atom stereocenters. The Morgan fingerprint density at radius 3 is 2.22 bits per heavy atom. The number of benzene rings is 1. The first-order valence-electron chi connectivity index (χ1n) is 2.90. The highest BCUT2D eigenvalue weighted by atomic mass is 32.1. The molecule has 1 aromatic rings. The van der Waals surface area contributed by atoms with E-state index >= 15 is 0 Å². The molecule has 9 heavy (non-hydrogen) atoms. The molecule has 0 unspecified atom stereocenters. The van der Waals surface area contributed by atoms with Gasteiger partial charge < -0.3 is 0 Å². The molecule has 0 amide bonds. The minimum absolute atomic E-state index is 0.855. The van der Waals surface area contributed by atoms with Crippen molar-refractivity contribution in [2.45, 2.75) is 11.3 Å². The monoisotopic (exact) mass is 137 g/mol. The second-order valence-corrected chi connectivity index (χ2v) is 2.43. The van der Waals surface area contributed by atoms with E-state index in [4.69, 9.17) is 0 Å². The Labute approximate surface area is 61.3 Å². The Kier molecular flexibility index (Phi) is 2.17. The minimum atomic E-state index is 0.855. The van der Waals surface area contributed by atoms with Crippen LogP contribution >= 0.6 is 12.6 Å². The average Bonchev–Trinajstić information content (AvgIpc) is 1.90. The first-order valence-corrected chi connectivity index (χ1v) is 3.35. The van der Waals surface area contributed by atoms with Crippen LogP contribution in [0.25, 0.3) is 0 Å². The van der Waals surface area contributed by atoms with Gasteiger partial charge in [-0.05, 0) is 31.0 Å². The van der Waals surface area contributed by atoms with Gasteiger partial charge in [-0.3, -0.25) is 0 Å². The van der Waals surface area contributed by atoms with Crippen molar-refractivity contribution in [3.63, 3.8) is 0 Å². The zero-order chi connectivity index (χ0) is 6.69. The lowest BCUT2D eigenvalue weighted by molar-refractivity contribution is 1.25. The molecule has 0 fully saturated rings. The van der Waals surface area contributed by atoms with Crippen molar-refractivity contribution in [1.82, 2.24) is 0 Å². The van der Waals surface area contributed by atoms with E-state index in [0.717, 1.165) is 11.3 Å². The predicted molar refractivity (Wildman–Crippen MR) is 42.8 cm³/mol. The summed E-state index contributed by atoms with van der Waals surface area (Å²) in [5.41, 5.74) is 1.26. The Balaban J connectivity index is 2.88. The maximum absolute atomic E-state index is 4.15. The van der Waals surface area contributed by atoms with Crippen LogP contribution in [0.2, 0.25) is 0 Å². The molecule has 0 aliphatic carbocycles. The largest absolute Gasteiger partial charge is 0.143 e. The van der Waals surface area contributed by atoms with Gasteiger partial charge in [-0.15, -0.1) is 12.6 Å². The summed E-state index contributed by atoms with van der Waals surface area (Å²) >= 11 is 4.15. The van der Waals surface area contributed by atoms with Gasteiger partial charge in [0.2, 0.25) is 0 Å². The van der Waals surface area contributed by atoms with Crippen molar-refractivity contribution in [3.05, 3.63) is 36.8 Å². The summed E-state index contributed by atoms with van der Waals surface area (Å²) in [5.74, 6) is 0. The molecule has 0 N–H and O–H groups in total. The average molecular weight is 137 g/mol. The van der Waals surface area contributed by atoms with Crippen molar-refractivity contribution in [2.75, 3.05) is 0 Å². The molecule has 1 radical (unpaired) electrons. The molecule has 0 saturated carbocycles. The third kappa shape index (κ3) is 1.75. The highest BCUT2D eigenvalue weighted by molar-refractivity contribution is 7.80. The third-order valence-electron chi connectivity index (χ3n) is 1.23. The van der Waals surface area contributed by atoms with Gasteiger partial charge >= 0.3 is 0 Å². The molecule has 1 rings (SSSR count). The van der Waals surface area contributed by atoms with Crippen molar-refractivity contribution in [3.8, 4) is 0 Å². The van der Waals surface area contributed by atoms with E-state index in [2.05, 4.69) is 19.6 Å². The molecule has 0 aromatic heterocycles. The Morgan fingerprint density at radius 1 is 1.22 bits per heavy atom. The Hall–Kier alpha value is -0.430. The minimum Gasteiger partial charge on any atom is -0.143 e. The summed E-state index contributed by atoms with van der Waals surface area (Å²) in [6, 6.07) is 8.03. The van der Waals surface area contributed by atoms with Crippen LogP contribution in [0.15, 0.2) is 29.2 Å². The molecule has 1 aromatic carbocycles. The van der Waals surface area contributed by atoms with Crippen molar-refractivity contribution < 1.29 is 0 Å². The van der Waals surface area contributed by atoms with Gasteiger partial charge in [-0.2, -0.15) is 0 Å². The lowest BCUT2D eigenvalue weighted by Crippen LogP contribution is -1.76. The van der Waals surface area contributed by atoms with E-state index in [1.54, 1.807) is 0 Å². The highest BCUT2D eigenvalue weighted by Gasteiger charge is 1.85. The van der Waals surface area contributed by atoms with Gasteiger partial charge in [0, 0.05) is 4.90 Å². The fourth-order valence-corrected chi connectivity index (χ4v) is 0.812. The molecule has 0 nitrogen and oxygen atoms in total. The van der Waals surface area contributed by atoms with Crippen LogP contribution in [0, 0.1) is 6.92 Å². The quantitative estimate of drug-likeness (QED) is 0.564. The molecule has 0 spiro atoms. The number of hydrogen-bond donors (Lipinski definition) is 1. The van der Waals surface area contributed by atoms with Crippen LogP contribution in [-0.4, -0.2) is 0 Å². The van der Waals surface area contributed by atoms with E-state index in [1.807, 2.05) is 24.3 Å². The zero-order valence-corrected chi connectivity index (χ0v) is 6.07. The molecule has 0 heterocycles. The fraction of sp³-hybridized carbons (Fsp3) is 0.125. The van der Waals surface area contributed by atoms with Gasteiger partial charge in [-0.25, -0.2) is 0 Å². The van der Waals surface area contributed by atoms with E-state index in [9.17, 15) is 0 Å². The van der Waals surface area contributed by atoms with Crippen molar-refractivity contribution in [2.24, 2.45) is 0 Å². The summed E-state index contributed by atoms with van der Waals surface area (Å²) < 4.78 is 0. The lowest BCUT2D eigenvalue weighted by Gasteiger charge is -1.93. The maximum atomic E-state index is 4.15. The van der Waals surface area contributed by atoms with Crippen LogP contribution in [0.4, 0.5) is 0 Å². The van der Waals surface area contributed by atoms with Gasteiger partial charge in [0.1, 0.15) is 0 Å². The van der Waals surface area contributed by atoms with E-state index < -0.39 is 0 Å². The fourth-order valence-electron chi connectivity index (χ4n) is 0.663. The van der Waals surface area contributed by atoms with E-state index in [1.165, 1.54) is 5.56 Å². The van der Waals surface area contributed by atoms with Gasteiger partial charge in [-0.1, -0.05) is 12.1 Å². The number of rotatable bonds is 1. The first kappa shape index (κ1) is 6.69. The van der Waals surface area contributed by atoms with Crippen LogP contribution in [0.3, 0.4) is 0 Å². The van der Waals surface area contributed by atoms with E-state index in [-0.39, 0.29) is 0 Å². The Morgan fingerprint density at radius 2 is 1.78 bits per heavy atom. The summed E-state index contributed by atoms with van der Waals surface area (Å²) in [7, 11) is 0. The molecule has 47 valence electrons. The topological polar surface area (TPSA) is 0 Å². The Bertz CT molecular complexity index is 176. The SMILES string of the molecule is [CH2]Cc1ccc(S)cc1. The summed E-state index contributed by atoms with van der Waals surface area (Å²) in [6.45, 7) is 3.76. The van der Waals surface area contributed by atoms with Crippen LogP contribution in [-0.2, 0) is 6.42 Å². The van der Waals surface area contributed by atoms with Crippen LogP contribution in [0.1, 0.15) is 5.56 Å². The van der Waals surface area contributed by atoms with E-state index in [0.29, 0.717) is 0 Å². The normalized spacial score (nSPS) is 9.56. The summed E-state index contributed by atoms with van der Waals surface area (Å²) in [4.78, 5) is 1.01. The van der Waals surface area contributed by atoms with Gasteiger partial charge in [0.15, 0.2) is 0 Å². The molecule has 0 aliphatic heterocycles. The van der Waals surface area contributed by atoms with Gasteiger partial charge in [0.25, 0.3) is 0 Å². The molecular weight excluding hydrogens is 128 g/mol. The standard InChI is InChI=1S/C8H9S/c1-2-7-3-5-8(9)6-4-7/h3-6,9H,1-2H2. The molecule has 0 saturated heterocycles. The predicted octanol–water partition coefficient (Wildman–Crippen LogP) is 2.35. The van der Waals surface area contributed by atoms with Crippen LogP contribution in [0.5, 0.6) is 0 Å². The smallest absolute Gasteiger partial charge is 0.00401 e. The summed E-state index contributed by atoms with van der Waals surface area (Å²) in [5, 5.41) is 0. The van der Waals surface area contributed by atoms with Gasteiger partial charge in [0.05, 0.1) is 0 Å². The first-order chi connectivity index (χ1) is 4.33. The molecular formula is C8H9S. The maximum Gasteiger partial charge on any atom is 0.00401 e. The zero-order valence-electron chi connectivity index (χ0n) is 5.17. The summed E-state index contributed by atoms with van der Waals surface area (Å²) in [6.07, 6.45) is 0.855. The number of thiol groups is 1. The number of hydrogen-bond acceptors (Lipinski definition) is 1. The molecule has 1 heteroatoms. The van der Waals surface area contributed by atoms with Crippen molar-refractivity contribution >= 4 is 12.6 Å². The lowest BCUT2D eigenvalue weighted by atomic mass is 10.2. The third-order valence-corrected chi connectivity index (χ3v) is 1.52. The highest BCUT2D eigenvalue weighted by Crippen LogP contribution is 2.07.